The van der Waals surface area contributed by atoms with E-state index in [9.17, 15) is 0 Å². The molecule has 224 valence electrons. The van der Waals surface area contributed by atoms with Crippen LogP contribution in [0.4, 0.5) is 11.4 Å². The van der Waals surface area contributed by atoms with Crippen LogP contribution < -0.4 is 16.2 Å². The minimum Gasteiger partial charge on any atom is -0.493 e. The second-order valence-corrected chi connectivity index (χ2v) is 13.4. The molecule has 3 nitrogen and oxygen atoms in total. The Morgan fingerprint density at radius 3 is 1.79 bits per heavy atom. The smallest absolute Gasteiger partial charge is 0.126 e. The number of hydrogen-bond acceptors (Lipinski definition) is 3. The summed E-state index contributed by atoms with van der Waals surface area (Å²) in [6.07, 6.45) is 17.8. The quantitative estimate of drug-likeness (QED) is 0.146. The van der Waals surface area contributed by atoms with Gasteiger partial charge in [-0.05, 0) is 129 Å². The van der Waals surface area contributed by atoms with Gasteiger partial charge in [-0.3, -0.25) is 0 Å². The highest BCUT2D eigenvalue weighted by atomic mass is 16.5. The van der Waals surface area contributed by atoms with Crippen LogP contribution in [0.3, 0.4) is 0 Å². The fraction of sp³-hybridized carbons (Fsp3) is 0.487. The average molecular weight is 565 g/mol. The lowest BCUT2D eigenvalue weighted by Gasteiger charge is -2.29. The molecule has 2 aliphatic carbocycles. The van der Waals surface area contributed by atoms with Crippen LogP contribution in [0.25, 0.3) is 0 Å². The number of ether oxygens (including phenoxy) is 1. The molecule has 0 spiro atoms. The van der Waals surface area contributed by atoms with Gasteiger partial charge in [0.25, 0.3) is 0 Å². The summed E-state index contributed by atoms with van der Waals surface area (Å²) in [7, 11) is 0. The van der Waals surface area contributed by atoms with E-state index in [2.05, 4.69) is 74.5 Å². The highest BCUT2D eigenvalue weighted by Crippen LogP contribution is 2.39. The fourth-order valence-corrected chi connectivity index (χ4v) is 7.05. The molecule has 0 amide bonds. The van der Waals surface area contributed by atoms with Crippen molar-refractivity contribution in [3.63, 3.8) is 0 Å². The first-order chi connectivity index (χ1) is 20.4. The van der Waals surface area contributed by atoms with E-state index in [0.717, 1.165) is 41.9 Å². The Morgan fingerprint density at radius 2 is 1.26 bits per heavy atom. The lowest BCUT2D eigenvalue weighted by atomic mass is 9.76. The van der Waals surface area contributed by atoms with Crippen LogP contribution in [0, 0.1) is 18.8 Å². The standard InChI is InChI=1S/C39H52N2O/c1-27(2)32-20-22-36(23-21-32)35-18-12-31(13-19-35)7-6-30-10-16-34(17-11-30)33-14-8-29(9-15-33)5-4-24-42-39-26-37(40)25-38(41)28(39)3/h6-9,14-15,20-23,25-27,30-31,34-35H,4-5,10-13,16-19,24,40-41H2,1-3H3. The van der Waals surface area contributed by atoms with E-state index in [1.165, 1.54) is 68.1 Å². The zero-order valence-electron chi connectivity index (χ0n) is 26.2. The molecular formula is C39H52N2O. The number of benzene rings is 3. The summed E-state index contributed by atoms with van der Waals surface area (Å²) >= 11 is 0. The Bertz CT molecular complexity index is 1290. The summed E-state index contributed by atoms with van der Waals surface area (Å²) in [4.78, 5) is 0. The molecule has 0 heterocycles. The summed E-state index contributed by atoms with van der Waals surface area (Å²) in [5.74, 6) is 4.42. The van der Waals surface area contributed by atoms with Gasteiger partial charge in [0.15, 0.2) is 0 Å². The molecular weight excluding hydrogens is 512 g/mol. The van der Waals surface area contributed by atoms with E-state index < -0.39 is 0 Å². The maximum atomic E-state index is 6.01. The number of nitrogens with two attached hydrogens (primary N) is 2. The monoisotopic (exact) mass is 564 g/mol. The molecule has 0 unspecified atom stereocenters. The van der Waals surface area contributed by atoms with Crippen LogP contribution in [0.2, 0.25) is 0 Å². The van der Waals surface area contributed by atoms with Crippen molar-refractivity contribution in [1.82, 2.24) is 0 Å². The van der Waals surface area contributed by atoms with E-state index in [-0.39, 0.29) is 0 Å². The normalized spacial score (nSPS) is 23.0. The largest absolute Gasteiger partial charge is 0.493 e. The van der Waals surface area contributed by atoms with Gasteiger partial charge in [0.1, 0.15) is 5.75 Å². The first-order valence-electron chi connectivity index (χ1n) is 16.5. The van der Waals surface area contributed by atoms with Gasteiger partial charge < -0.3 is 16.2 Å². The first kappa shape index (κ1) is 30.3. The molecule has 0 bridgehead atoms. The highest BCUT2D eigenvalue weighted by Gasteiger charge is 2.23. The molecule has 0 atom stereocenters. The predicted molar refractivity (Wildman–Crippen MR) is 179 cm³/mol. The number of nitrogen functional groups attached to an aromatic ring is 2. The van der Waals surface area contributed by atoms with Gasteiger partial charge in [-0.2, -0.15) is 0 Å². The van der Waals surface area contributed by atoms with Crippen LogP contribution in [-0.4, -0.2) is 6.61 Å². The third-order valence-electron chi connectivity index (χ3n) is 10.0. The molecule has 5 rings (SSSR count). The number of aryl methyl sites for hydroxylation is 1. The van der Waals surface area contributed by atoms with Crippen LogP contribution in [0.15, 0.2) is 72.8 Å². The second kappa shape index (κ2) is 14.3. The van der Waals surface area contributed by atoms with Gasteiger partial charge in [-0.1, -0.05) is 74.5 Å². The molecule has 0 radical (unpaired) electrons. The third-order valence-corrected chi connectivity index (χ3v) is 10.0. The van der Waals surface area contributed by atoms with Crippen molar-refractivity contribution in [2.24, 2.45) is 11.8 Å². The van der Waals surface area contributed by atoms with Gasteiger partial charge in [-0.15, -0.1) is 0 Å². The van der Waals surface area contributed by atoms with Crippen molar-refractivity contribution in [3.05, 3.63) is 101 Å². The molecule has 0 aromatic heterocycles. The van der Waals surface area contributed by atoms with Crippen molar-refractivity contribution in [3.8, 4) is 5.75 Å². The van der Waals surface area contributed by atoms with E-state index in [0.29, 0.717) is 29.8 Å². The van der Waals surface area contributed by atoms with Crippen LogP contribution in [0.5, 0.6) is 5.75 Å². The van der Waals surface area contributed by atoms with Crippen LogP contribution >= 0.6 is 0 Å². The van der Waals surface area contributed by atoms with Gasteiger partial charge in [0.2, 0.25) is 0 Å². The molecule has 2 aliphatic rings. The van der Waals surface area contributed by atoms with Gasteiger partial charge in [-0.25, -0.2) is 0 Å². The molecule has 3 aromatic carbocycles. The Kier molecular flexibility index (Phi) is 10.3. The minimum atomic E-state index is 0.615. The molecule has 0 saturated heterocycles. The minimum absolute atomic E-state index is 0.615. The number of anilines is 2. The second-order valence-electron chi connectivity index (χ2n) is 13.4. The van der Waals surface area contributed by atoms with Gasteiger partial charge in [0.05, 0.1) is 6.61 Å². The van der Waals surface area contributed by atoms with E-state index in [1.54, 1.807) is 11.6 Å². The summed E-state index contributed by atoms with van der Waals surface area (Å²) in [6.45, 7) is 7.19. The third kappa shape index (κ3) is 8.00. The Morgan fingerprint density at radius 1 is 0.738 bits per heavy atom. The fourth-order valence-electron chi connectivity index (χ4n) is 7.05. The highest BCUT2D eigenvalue weighted by molar-refractivity contribution is 5.62. The lowest BCUT2D eigenvalue weighted by Crippen LogP contribution is -2.14. The Balaban J connectivity index is 1.00. The molecule has 2 fully saturated rings. The number of allylic oxidation sites excluding steroid dienone is 2. The Hall–Kier alpha value is -3.20. The predicted octanol–water partition coefficient (Wildman–Crippen LogP) is 10.1. The average Bonchev–Trinajstić information content (AvgIpc) is 3.01. The van der Waals surface area contributed by atoms with E-state index in [1.807, 2.05) is 13.0 Å². The summed E-state index contributed by atoms with van der Waals surface area (Å²) in [6, 6.07) is 22.5. The molecule has 42 heavy (non-hydrogen) atoms. The topological polar surface area (TPSA) is 61.3 Å². The van der Waals surface area contributed by atoms with Gasteiger partial charge >= 0.3 is 0 Å². The Labute approximate surface area is 254 Å². The van der Waals surface area contributed by atoms with Crippen molar-refractivity contribution >= 4 is 11.4 Å². The lowest BCUT2D eigenvalue weighted by molar-refractivity contribution is 0.309. The van der Waals surface area contributed by atoms with Crippen molar-refractivity contribution in [2.45, 2.75) is 103 Å². The number of hydrogen-bond donors (Lipinski definition) is 2. The van der Waals surface area contributed by atoms with Crippen LogP contribution in [0.1, 0.15) is 117 Å². The SMILES string of the molecule is Cc1c(N)cc(N)cc1OCCCc1ccc(C2CCC(C=CC3CCC(c4ccc(C(C)C)cc4)CC3)CC2)cc1. The zero-order chi connectivity index (χ0) is 29.5. The van der Waals surface area contributed by atoms with Gasteiger partial charge in [0, 0.05) is 23.0 Å². The summed E-state index contributed by atoms with van der Waals surface area (Å²) < 4.78 is 5.98. The van der Waals surface area contributed by atoms with E-state index in [4.69, 9.17) is 16.2 Å². The molecule has 4 N–H and O–H groups in total. The maximum absolute atomic E-state index is 6.01. The zero-order valence-corrected chi connectivity index (χ0v) is 26.2. The van der Waals surface area contributed by atoms with Crippen molar-refractivity contribution in [1.29, 1.82) is 0 Å². The molecule has 0 aliphatic heterocycles. The number of rotatable bonds is 10. The summed E-state index contributed by atoms with van der Waals surface area (Å²) in [5.41, 5.74) is 20.1. The first-order valence-corrected chi connectivity index (χ1v) is 16.5. The van der Waals surface area contributed by atoms with Crippen molar-refractivity contribution < 1.29 is 4.74 Å². The van der Waals surface area contributed by atoms with Crippen molar-refractivity contribution in [2.75, 3.05) is 18.1 Å². The van der Waals surface area contributed by atoms with E-state index >= 15 is 0 Å². The molecule has 3 heteroatoms. The van der Waals surface area contributed by atoms with Crippen LogP contribution in [-0.2, 0) is 6.42 Å². The molecule has 2 saturated carbocycles. The molecule has 3 aromatic rings. The summed E-state index contributed by atoms with van der Waals surface area (Å²) in [5, 5.41) is 0. The maximum Gasteiger partial charge on any atom is 0.126 e.